The second kappa shape index (κ2) is 9.29. The number of carbonyl (C=O) groups excluding carboxylic acids is 1. The van der Waals surface area contributed by atoms with Gasteiger partial charge in [-0.15, -0.1) is 0 Å². The number of ketones is 1. The van der Waals surface area contributed by atoms with Crippen LogP contribution in [-0.2, 0) is 14.8 Å². The molecule has 2 aliphatic rings. The third kappa shape index (κ3) is 4.33. The Balaban J connectivity index is 1.60. The number of nitrogens with zero attached hydrogens (tertiary/aromatic N) is 1. The third-order valence-corrected chi connectivity index (χ3v) is 9.54. The predicted octanol–water partition coefficient (Wildman–Crippen LogP) is 6.31. The molecule has 0 radical (unpaired) electrons. The number of Topliss-reactive ketones (excluding diaryl/α,β-unsaturated/α-hetero) is 1. The number of carbonyl (C=O) groups is 1. The normalized spacial score (nSPS) is 25.6. The number of fused-ring (bicyclic) bond motifs is 1. The first-order chi connectivity index (χ1) is 16.3. The summed E-state index contributed by atoms with van der Waals surface area (Å²) in [5.74, 6) is 0.0346. The minimum absolute atomic E-state index is 0.151. The molecule has 1 aliphatic heterocycles. The number of sulfonamides is 1. The maximum atomic E-state index is 14.1. The summed E-state index contributed by atoms with van der Waals surface area (Å²) in [6, 6.07) is 23.4. The van der Waals surface area contributed by atoms with E-state index in [1.807, 2.05) is 67.6 Å². The summed E-state index contributed by atoms with van der Waals surface area (Å²) in [6.07, 6.45) is 2.34. The van der Waals surface area contributed by atoms with Crippen molar-refractivity contribution in [3.05, 3.63) is 101 Å². The lowest BCUT2D eigenvalue weighted by Gasteiger charge is -2.48. The molecule has 6 heteroatoms. The maximum Gasteiger partial charge on any atom is 0.243 e. The summed E-state index contributed by atoms with van der Waals surface area (Å²) in [5, 5.41) is 0.672. The fraction of sp³-hybridized carbons (Fsp3) is 0.321. The van der Waals surface area contributed by atoms with E-state index in [1.165, 1.54) is 0 Å². The van der Waals surface area contributed by atoms with Crippen LogP contribution in [0.15, 0.2) is 83.8 Å². The second-order valence-corrected chi connectivity index (χ2v) is 11.8. The van der Waals surface area contributed by atoms with Gasteiger partial charge in [0, 0.05) is 23.4 Å². The number of benzene rings is 3. The summed E-state index contributed by atoms with van der Waals surface area (Å²) in [4.78, 5) is 13.6. The van der Waals surface area contributed by atoms with Crippen molar-refractivity contribution in [3.63, 3.8) is 0 Å². The molecule has 4 atom stereocenters. The molecule has 2 fully saturated rings. The zero-order valence-electron chi connectivity index (χ0n) is 19.1. The number of aryl methyl sites for hydroxylation is 1. The molecule has 1 saturated heterocycles. The molecular formula is C28H28ClNO3S. The fourth-order valence-electron chi connectivity index (χ4n) is 5.65. The zero-order valence-corrected chi connectivity index (χ0v) is 20.7. The Morgan fingerprint density at radius 3 is 2.29 bits per heavy atom. The van der Waals surface area contributed by atoms with Gasteiger partial charge in [0.2, 0.25) is 10.0 Å². The minimum Gasteiger partial charge on any atom is -0.299 e. The molecule has 176 valence electrons. The van der Waals surface area contributed by atoms with E-state index >= 15 is 0 Å². The van der Waals surface area contributed by atoms with Crippen molar-refractivity contribution in [2.75, 3.05) is 0 Å². The van der Waals surface area contributed by atoms with E-state index in [4.69, 9.17) is 11.6 Å². The van der Waals surface area contributed by atoms with Gasteiger partial charge in [-0.25, -0.2) is 8.42 Å². The fourth-order valence-corrected chi connectivity index (χ4v) is 7.69. The minimum atomic E-state index is -3.83. The summed E-state index contributed by atoms with van der Waals surface area (Å²) >= 11 is 6.26. The highest BCUT2D eigenvalue weighted by molar-refractivity contribution is 7.89. The summed E-state index contributed by atoms with van der Waals surface area (Å²) in [6.45, 7) is 1.94. The highest BCUT2D eigenvalue weighted by atomic mass is 35.5. The topological polar surface area (TPSA) is 54.5 Å². The largest absolute Gasteiger partial charge is 0.299 e. The van der Waals surface area contributed by atoms with Gasteiger partial charge in [-0.05, 0) is 67.5 Å². The second-order valence-electron chi connectivity index (χ2n) is 9.48. The molecule has 0 amide bonds. The van der Waals surface area contributed by atoms with Crippen LogP contribution in [-0.4, -0.2) is 24.5 Å². The van der Waals surface area contributed by atoms with E-state index in [1.54, 1.807) is 16.4 Å². The smallest absolute Gasteiger partial charge is 0.243 e. The van der Waals surface area contributed by atoms with E-state index in [9.17, 15) is 13.2 Å². The molecule has 1 aliphatic carbocycles. The van der Waals surface area contributed by atoms with Gasteiger partial charge < -0.3 is 0 Å². The van der Waals surface area contributed by atoms with Crippen molar-refractivity contribution >= 4 is 27.4 Å². The van der Waals surface area contributed by atoms with Crippen molar-refractivity contribution in [2.24, 2.45) is 5.92 Å². The molecule has 5 rings (SSSR count). The first kappa shape index (κ1) is 23.3. The molecule has 0 spiro atoms. The highest BCUT2D eigenvalue weighted by Crippen LogP contribution is 2.48. The zero-order chi connectivity index (χ0) is 23.9. The molecular weight excluding hydrogens is 466 g/mol. The number of halogens is 1. The lowest BCUT2D eigenvalue weighted by atomic mass is 9.70. The van der Waals surface area contributed by atoms with Crippen molar-refractivity contribution in [1.29, 1.82) is 0 Å². The Morgan fingerprint density at radius 2 is 1.59 bits per heavy atom. The molecule has 1 heterocycles. The van der Waals surface area contributed by atoms with E-state index < -0.39 is 22.1 Å². The van der Waals surface area contributed by atoms with Crippen LogP contribution < -0.4 is 0 Å². The van der Waals surface area contributed by atoms with Crippen molar-refractivity contribution in [3.8, 4) is 0 Å². The Hall–Kier alpha value is -2.47. The predicted molar refractivity (Wildman–Crippen MR) is 134 cm³/mol. The lowest BCUT2D eigenvalue weighted by molar-refractivity contribution is -0.131. The van der Waals surface area contributed by atoms with Gasteiger partial charge in [-0.1, -0.05) is 71.8 Å². The Bertz CT molecular complexity index is 1290. The summed E-state index contributed by atoms with van der Waals surface area (Å²) in [7, 11) is -3.83. The highest BCUT2D eigenvalue weighted by Gasteiger charge is 2.50. The van der Waals surface area contributed by atoms with Gasteiger partial charge in [0.05, 0.1) is 10.9 Å². The van der Waals surface area contributed by atoms with E-state index in [0.29, 0.717) is 17.9 Å². The Kier molecular flexibility index (Phi) is 6.36. The molecule has 4 nitrogen and oxygen atoms in total. The Morgan fingerprint density at radius 1 is 0.882 bits per heavy atom. The molecule has 3 aromatic carbocycles. The first-order valence-electron chi connectivity index (χ1n) is 11.8. The van der Waals surface area contributed by atoms with Crippen LogP contribution in [0.25, 0.3) is 0 Å². The molecule has 0 aromatic heterocycles. The average Bonchev–Trinajstić information content (AvgIpc) is 2.84. The van der Waals surface area contributed by atoms with Gasteiger partial charge >= 0.3 is 0 Å². The molecule has 0 bridgehead atoms. The van der Waals surface area contributed by atoms with Crippen LogP contribution in [0.1, 0.15) is 54.3 Å². The van der Waals surface area contributed by atoms with E-state index in [0.717, 1.165) is 23.1 Å². The standard InChI is InChI=1S/C28H28ClNO3S/c1-19-10-13-24(14-11-19)34(32,33)30-26(20-6-3-2-4-7-20)18-28(31)25-15-12-22(17-27(25)30)21-8-5-9-23(29)16-21/h2-11,13-14,16,22,25-27H,12,15,17-18H2,1H3. The van der Waals surface area contributed by atoms with Gasteiger partial charge in [0.15, 0.2) is 0 Å². The molecule has 0 N–H and O–H groups in total. The summed E-state index contributed by atoms with van der Waals surface area (Å²) in [5.41, 5.74) is 2.96. The quantitative estimate of drug-likeness (QED) is 0.428. The van der Waals surface area contributed by atoms with Crippen LogP contribution in [0.5, 0.6) is 0 Å². The van der Waals surface area contributed by atoms with Crippen LogP contribution >= 0.6 is 11.6 Å². The van der Waals surface area contributed by atoms with Gasteiger partial charge in [0.25, 0.3) is 0 Å². The maximum absolute atomic E-state index is 14.1. The van der Waals surface area contributed by atoms with Crippen molar-refractivity contribution < 1.29 is 13.2 Å². The van der Waals surface area contributed by atoms with Gasteiger partial charge in [0.1, 0.15) is 5.78 Å². The molecule has 34 heavy (non-hydrogen) atoms. The Labute approximate surface area is 206 Å². The first-order valence-corrected chi connectivity index (χ1v) is 13.6. The third-order valence-electron chi connectivity index (χ3n) is 7.36. The monoisotopic (exact) mass is 493 g/mol. The van der Waals surface area contributed by atoms with Crippen LogP contribution in [0, 0.1) is 12.8 Å². The van der Waals surface area contributed by atoms with E-state index in [-0.39, 0.29) is 28.9 Å². The number of rotatable bonds is 4. The van der Waals surface area contributed by atoms with Crippen molar-refractivity contribution in [1.82, 2.24) is 4.31 Å². The molecule has 3 aromatic rings. The van der Waals surface area contributed by atoms with Gasteiger partial charge in [-0.3, -0.25) is 4.79 Å². The molecule has 1 saturated carbocycles. The van der Waals surface area contributed by atoms with Crippen molar-refractivity contribution in [2.45, 2.75) is 55.5 Å². The van der Waals surface area contributed by atoms with Gasteiger partial charge in [-0.2, -0.15) is 4.31 Å². The van der Waals surface area contributed by atoms with Crippen LogP contribution in [0.4, 0.5) is 0 Å². The SMILES string of the molecule is Cc1ccc(S(=O)(=O)N2C(c3ccccc3)CC(=O)C3CCC(c4cccc(Cl)c4)CC32)cc1. The number of hydrogen-bond acceptors (Lipinski definition) is 3. The van der Waals surface area contributed by atoms with Crippen LogP contribution in [0.3, 0.4) is 0 Å². The average molecular weight is 494 g/mol. The van der Waals surface area contributed by atoms with Crippen LogP contribution in [0.2, 0.25) is 5.02 Å². The number of piperidine rings is 1. The molecule has 4 unspecified atom stereocenters. The lowest BCUT2D eigenvalue weighted by Crippen LogP contribution is -2.55. The number of hydrogen-bond donors (Lipinski definition) is 0. The van der Waals surface area contributed by atoms with E-state index in [2.05, 4.69) is 6.07 Å². The summed E-state index contributed by atoms with van der Waals surface area (Å²) < 4.78 is 29.9.